The molecule has 0 atom stereocenters. The van der Waals surface area contributed by atoms with Gasteiger partial charge in [0.1, 0.15) is 17.7 Å². The van der Waals surface area contributed by atoms with Crippen LogP contribution >= 0.6 is 0 Å². The van der Waals surface area contributed by atoms with Gasteiger partial charge in [-0.25, -0.2) is 4.79 Å². The maximum absolute atomic E-state index is 12.1. The summed E-state index contributed by atoms with van der Waals surface area (Å²) in [4.78, 5) is 12.1. The molecule has 0 saturated heterocycles. The average molecular weight is 327 g/mol. The molecular weight excluding hydrogens is 298 g/mol. The molecule has 132 valence electrons. The topological polar surface area (TPSA) is 66.0 Å². The van der Waals surface area contributed by atoms with Crippen molar-refractivity contribution in [2.24, 2.45) is 0 Å². The molecule has 0 spiro atoms. The maximum atomic E-state index is 12.1. The lowest BCUT2D eigenvalue weighted by Gasteiger charge is -2.34. The van der Waals surface area contributed by atoms with E-state index in [2.05, 4.69) is 25.1 Å². The molecule has 1 amide bonds. The van der Waals surface area contributed by atoms with E-state index < -0.39 is 17.2 Å². The Morgan fingerprint density at radius 3 is 1.91 bits per heavy atom. The van der Waals surface area contributed by atoms with Crippen molar-refractivity contribution in [1.82, 2.24) is 5.32 Å². The maximum Gasteiger partial charge on any atom is 0.408 e. The molecule has 0 saturated carbocycles. The molecule has 0 unspecified atom stereocenters. The summed E-state index contributed by atoms with van der Waals surface area (Å²) in [7, 11) is 0. The second-order valence-corrected chi connectivity index (χ2v) is 5.99. The van der Waals surface area contributed by atoms with Crippen molar-refractivity contribution in [2.75, 3.05) is 33.0 Å². The zero-order valence-electron chi connectivity index (χ0n) is 14.4. The second kappa shape index (κ2) is 10.9. The smallest absolute Gasteiger partial charge is 0.408 e. The molecule has 0 aliphatic heterocycles. The van der Waals surface area contributed by atoms with Crippen LogP contribution in [0.3, 0.4) is 0 Å². The minimum absolute atomic E-state index is 0.129. The Kier molecular flexibility index (Phi) is 10.0. The fourth-order valence-electron chi connectivity index (χ4n) is 1.65. The van der Waals surface area contributed by atoms with Gasteiger partial charge in [0.15, 0.2) is 0 Å². The lowest BCUT2D eigenvalue weighted by Crippen LogP contribution is -2.59. The van der Waals surface area contributed by atoms with Crippen LogP contribution in [0.25, 0.3) is 0 Å². The number of carbonyl (C=O) groups excluding carboxylic acids is 1. The van der Waals surface area contributed by atoms with E-state index in [0.29, 0.717) is 13.2 Å². The van der Waals surface area contributed by atoms with E-state index in [4.69, 9.17) is 18.9 Å². The average Bonchev–Trinajstić information content (AvgIpc) is 2.43. The predicted octanol–water partition coefficient (Wildman–Crippen LogP) is 2.82. The Morgan fingerprint density at radius 2 is 1.52 bits per heavy atom. The minimum atomic E-state index is -0.914. The number of rotatable bonds is 12. The summed E-state index contributed by atoms with van der Waals surface area (Å²) in [5, 5.41) is 2.79. The molecule has 0 aromatic rings. The van der Waals surface area contributed by atoms with Crippen LogP contribution in [0, 0.1) is 0 Å². The van der Waals surface area contributed by atoms with Gasteiger partial charge in [0.05, 0.1) is 32.7 Å². The van der Waals surface area contributed by atoms with E-state index in [-0.39, 0.29) is 19.8 Å². The van der Waals surface area contributed by atoms with Crippen molar-refractivity contribution >= 4 is 6.09 Å². The van der Waals surface area contributed by atoms with Crippen molar-refractivity contribution < 1.29 is 23.7 Å². The Morgan fingerprint density at radius 1 is 1.00 bits per heavy atom. The third kappa shape index (κ3) is 10.5. The highest BCUT2D eigenvalue weighted by molar-refractivity contribution is 5.69. The van der Waals surface area contributed by atoms with Crippen LogP contribution in [0.15, 0.2) is 38.2 Å². The van der Waals surface area contributed by atoms with Crippen LogP contribution in [0.5, 0.6) is 0 Å². The van der Waals surface area contributed by atoms with E-state index in [1.54, 1.807) is 32.9 Å². The highest BCUT2D eigenvalue weighted by atomic mass is 16.6. The van der Waals surface area contributed by atoms with Crippen LogP contribution in [-0.2, 0) is 18.9 Å². The number of hydrogen-bond acceptors (Lipinski definition) is 5. The first-order chi connectivity index (χ1) is 10.8. The van der Waals surface area contributed by atoms with Gasteiger partial charge < -0.3 is 24.3 Å². The Bertz CT molecular complexity index is 373. The standard InChI is InChI=1S/C17H29NO5/c1-7-10-21-13-17(12-20-9-3,14-22-11-8-2)18-15(19)23-16(4,5)6/h7-9H,1-3,10-14H2,4-6H3,(H,18,19). The van der Waals surface area contributed by atoms with E-state index in [9.17, 15) is 4.79 Å². The molecule has 0 rings (SSSR count). The van der Waals surface area contributed by atoms with Crippen molar-refractivity contribution in [3.63, 3.8) is 0 Å². The third-order valence-corrected chi connectivity index (χ3v) is 2.47. The number of amides is 1. The first-order valence-electron chi connectivity index (χ1n) is 7.39. The van der Waals surface area contributed by atoms with E-state index >= 15 is 0 Å². The number of carbonyl (C=O) groups is 1. The van der Waals surface area contributed by atoms with E-state index in [1.807, 2.05) is 0 Å². The first-order valence-corrected chi connectivity index (χ1v) is 7.39. The summed E-state index contributed by atoms with van der Waals surface area (Å²) in [6.07, 6.45) is 3.97. The molecule has 1 N–H and O–H groups in total. The predicted molar refractivity (Wildman–Crippen MR) is 90.3 cm³/mol. The van der Waals surface area contributed by atoms with E-state index in [0.717, 1.165) is 0 Å². The lowest BCUT2D eigenvalue weighted by molar-refractivity contribution is -0.0206. The van der Waals surface area contributed by atoms with Gasteiger partial charge in [-0.3, -0.25) is 0 Å². The molecule has 0 aliphatic carbocycles. The summed E-state index contributed by atoms with van der Waals surface area (Å²) in [6.45, 7) is 17.2. The van der Waals surface area contributed by atoms with Gasteiger partial charge >= 0.3 is 6.09 Å². The van der Waals surface area contributed by atoms with Crippen molar-refractivity contribution in [3.8, 4) is 0 Å². The molecule has 0 aromatic carbocycles. The number of alkyl carbamates (subject to hydrolysis) is 1. The second-order valence-electron chi connectivity index (χ2n) is 5.99. The van der Waals surface area contributed by atoms with Crippen molar-refractivity contribution in [3.05, 3.63) is 38.2 Å². The normalized spacial score (nSPS) is 11.4. The largest absolute Gasteiger partial charge is 0.499 e. The Hall–Kier alpha value is -1.79. The van der Waals surface area contributed by atoms with Gasteiger partial charge in [0.2, 0.25) is 0 Å². The van der Waals surface area contributed by atoms with Gasteiger partial charge in [0.25, 0.3) is 0 Å². The number of ether oxygens (including phenoxy) is 4. The molecular formula is C17H29NO5. The Balaban J connectivity index is 5.04. The van der Waals surface area contributed by atoms with Gasteiger partial charge in [-0.1, -0.05) is 18.7 Å². The molecule has 23 heavy (non-hydrogen) atoms. The minimum Gasteiger partial charge on any atom is -0.499 e. The fraction of sp³-hybridized carbons (Fsp3) is 0.588. The molecule has 0 radical (unpaired) electrons. The summed E-state index contributed by atoms with van der Waals surface area (Å²) in [5.41, 5.74) is -1.53. The SMILES string of the molecule is C=CCOCC(COC=C)(COCC=C)NC(=O)OC(C)(C)C. The third-order valence-electron chi connectivity index (χ3n) is 2.47. The summed E-state index contributed by atoms with van der Waals surface area (Å²) >= 11 is 0. The quantitative estimate of drug-likeness (QED) is 0.339. The zero-order valence-corrected chi connectivity index (χ0v) is 14.4. The van der Waals surface area contributed by atoms with Gasteiger partial charge in [0, 0.05) is 0 Å². The van der Waals surface area contributed by atoms with Gasteiger partial charge in [-0.2, -0.15) is 0 Å². The molecule has 6 heteroatoms. The highest BCUT2D eigenvalue weighted by Crippen LogP contribution is 2.13. The lowest BCUT2D eigenvalue weighted by atomic mass is 10.0. The number of hydrogen-bond donors (Lipinski definition) is 1. The van der Waals surface area contributed by atoms with Gasteiger partial charge in [-0.05, 0) is 20.8 Å². The summed E-state index contributed by atoms with van der Waals surface area (Å²) in [5.74, 6) is 0. The Labute approximate surface area is 139 Å². The molecule has 0 bridgehead atoms. The van der Waals surface area contributed by atoms with Crippen LogP contribution in [0.1, 0.15) is 20.8 Å². The molecule has 0 heterocycles. The molecule has 0 aliphatic rings. The van der Waals surface area contributed by atoms with Crippen molar-refractivity contribution in [1.29, 1.82) is 0 Å². The molecule has 0 fully saturated rings. The molecule has 6 nitrogen and oxygen atoms in total. The summed E-state index contributed by atoms with van der Waals surface area (Å²) < 4.78 is 21.6. The van der Waals surface area contributed by atoms with Crippen LogP contribution < -0.4 is 5.32 Å². The highest BCUT2D eigenvalue weighted by Gasteiger charge is 2.35. The molecule has 0 aromatic heterocycles. The monoisotopic (exact) mass is 327 g/mol. The van der Waals surface area contributed by atoms with Crippen LogP contribution in [-0.4, -0.2) is 50.3 Å². The van der Waals surface area contributed by atoms with Crippen LogP contribution in [0.2, 0.25) is 0 Å². The van der Waals surface area contributed by atoms with Crippen LogP contribution in [0.4, 0.5) is 4.79 Å². The van der Waals surface area contributed by atoms with Gasteiger partial charge in [-0.15, -0.1) is 13.2 Å². The fourth-order valence-corrected chi connectivity index (χ4v) is 1.65. The zero-order chi connectivity index (χ0) is 17.8. The first kappa shape index (κ1) is 21.2. The van der Waals surface area contributed by atoms with Crippen molar-refractivity contribution in [2.45, 2.75) is 31.9 Å². The van der Waals surface area contributed by atoms with E-state index in [1.165, 1.54) is 6.26 Å². The number of nitrogens with one attached hydrogen (secondary N) is 1. The summed E-state index contributed by atoms with van der Waals surface area (Å²) in [6, 6.07) is 0.